The van der Waals surface area contributed by atoms with Gasteiger partial charge in [-0.05, 0) is 49.4 Å². The van der Waals surface area contributed by atoms with Crippen LogP contribution in [0.3, 0.4) is 0 Å². The van der Waals surface area contributed by atoms with Gasteiger partial charge in [0.1, 0.15) is 5.82 Å². The highest BCUT2D eigenvalue weighted by atomic mass is 16.7. The van der Waals surface area contributed by atoms with E-state index in [9.17, 15) is 4.79 Å². The van der Waals surface area contributed by atoms with Crippen molar-refractivity contribution in [3.63, 3.8) is 0 Å². The van der Waals surface area contributed by atoms with E-state index in [1.54, 1.807) is 43.5 Å². The van der Waals surface area contributed by atoms with Crippen molar-refractivity contribution in [2.75, 3.05) is 24.0 Å². The molecule has 0 spiro atoms. The summed E-state index contributed by atoms with van der Waals surface area (Å²) in [6, 6.07) is 14.3. The van der Waals surface area contributed by atoms with Crippen LogP contribution < -0.4 is 20.1 Å². The van der Waals surface area contributed by atoms with Crippen LogP contribution in [-0.2, 0) is 4.74 Å². The Morgan fingerprint density at radius 1 is 1.04 bits per heavy atom. The summed E-state index contributed by atoms with van der Waals surface area (Å²) in [5.41, 5.74) is 2.08. The van der Waals surface area contributed by atoms with Gasteiger partial charge in [0, 0.05) is 23.6 Å². The number of nitrogens with zero attached hydrogens (tertiary/aromatic N) is 2. The van der Waals surface area contributed by atoms with Crippen molar-refractivity contribution in [3.05, 3.63) is 60.3 Å². The van der Waals surface area contributed by atoms with Gasteiger partial charge in [-0.15, -0.1) is 0 Å². The lowest BCUT2D eigenvalue weighted by Crippen LogP contribution is -2.04. The number of esters is 1. The molecule has 142 valence electrons. The Balaban J connectivity index is 1.44. The third-order valence-corrected chi connectivity index (χ3v) is 3.95. The van der Waals surface area contributed by atoms with E-state index in [1.807, 2.05) is 18.2 Å². The summed E-state index contributed by atoms with van der Waals surface area (Å²) in [5.74, 6) is 2.12. The molecule has 8 heteroatoms. The van der Waals surface area contributed by atoms with Crippen molar-refractivity contribution in [3.8, 4) is 11.5 Å². The van der Waals surface area contributed by atoms with E-state index in [0.29, 0.717) is 29.7 Å². The Morgan fingerprint density at radius 3 is 2.64 bits per heavy atom. The predicted octanol–water partition coefficient (Wildman–Crippen LogP) is 3.87. The molecule has 8 nitrogen and oxygen atoms in total. The van der Waals surface area contributed by atoms with Crippen molar-refractivity contribution >= 4 is 29.1 Å². The maximum absolute atomic E-state index is 11.7. The number of ether oxygens (including phenoxy) is 3. The molecule has 28 heavy (non-hydrogen) atoms. The molecule has 0 unspecified atom stereocenters. The van der Waals surface area contributed by atoms with Crippen LogP contribution in [0.4, 0.5) is 23.1 Å². The normalized spacial score (nSPS) is 11.8. The van der Waals surface area contributed by atoms with Gasteiger partial charge < -0.3 is 24.8 Å². The molecule has 1 aliphatic rings. The summed E-state index contributed by atoms with van der Waals surface area (Å²) in [6.45, 7) is 2.35. The Bertz CT molecular complexity index is 992. The molecule has 0 amide bonds. The number of fused-ring (bicyclic) bond motifs is 1. The molecular weight excluding hydrogens is 360 g/mol. The minimum Gasteiger partial charge on any atom is -0.462 e. The standard InChI is InChI=1S/C20H18N4O4/c1-2-26-19(25)13-3-5-14(6-4-13)23-20-21-10-9-18(24-20)22-15-7-8-16-17(11-15)28-12-27-16/h3-11H,2,12H2,1H3,(H2,21,22,23,24). The number of hydrogen-bond acceptors (Lipinski definition) is 8. The highest BCUT2D eigenvalue weighted by Crippen LogP contribution is 2.34. The molecule has 0 saturated carbocycles. The average Bonchev–Trinajstić information content (AvgIpc) is 3.17. The molecule has 0 bridgehead atoms. The van der Waals surface area contributed by atoms with E-state index in [2.05, 4.69) is 20.6 Å². The first-order valence-corrected chi connectivity index (χ1v) is 8.75. The number of rotatable bonds is 6. The maximum atomic E-state index is 11.7. The van der Waals surface area contributed by atoms with Crippen LogP contribution in [0.15, 0.2) is 54.7 Å². The lowest BCUT2D eigenvalue weighted by Gasteiger charge is -2.09. The molecule has 0 fully saturated rings. The van der Waals surface area contributed by atoms with E-state index >= 15 is 0 Å². The number of anilines is 4. The molecule has 0 atom stereocenters. The Morgan fingerprint density at radius 2 is 1.82 bits per heavy atom. The van der Waals surface area contributed by atoms with Crippen LogP contribution in [0.5, 0.6) is 11.5 Å². The molecule has 0 radical (unpaired) electrons. The smallest absolute Gasteiger partial charge is 0.338 e. The molecular formula is C20H18N4O4. The molecule has 2 aromatic carbocycles. The van der Waals surface area contributed by atoms with Crippen molar-refractivity contribution in [1.29, 1.82) is 0 Å². The first-order chi connectivity index (χ1) is 13.7. The van der Waals surface area contributed by atoms with E-state index in [4.69, 9.17) is 14.2 Å². The lowest BCUT2D eigenvalue weighted by molar-refractivity contribution is 0.0526. The molecule has 1 aliphatic heterocycles. The van der Waals surface area contributed by atoms with Gasteiger partial charge in [0.05, 0.1) is 12.2 Å². The number of nitrogens with one attached hydrogen (secondary N) is 2. The minimum atomic E-state index is -0.347. The van der Waals surface area contributed by atoms with E-state index in [-0.39, 0.29) is 12.8 Å². The average molecular weight is 378 g/mol. The summed E-state index contributed by atoms with van der Waals surface area (Å²) in [6.07, 6.45) is 1.65. The fourth-order valence-corrected chi connectivity index (χ4v) is 2.64. The van der Waals surface area contributed by atoms with Crippen molar-refractivity contribution < 1.29 is 19.0 Å². The molecule has 0 saturated heterocycles. The predicted molar refractivity (Wildman–Crippen MR) is 104 cm³/mol. The number of aromatic nitrogens is 2. The number of benzene rings is 2. The molecule has 0 aliphatic carbocycles. The zero-order valence-electron chi connectivity index (χ0n) is 15.1. The van der Waals surface area contributed by atoms with E-state index < -0.39 is 0 Å². The molecule has 2 heterocycles. The van der Waals surface area contributed by atoms with Crippen LogP contribution in [0.1, 0.15) is 17.3 Å². The maximum Gasteiger partial charge on any atom is 0.338 e. The third-order valence-electron chi connectivity index (χ3n) is 3.95. The summed E-state index contributed by atoms with van der Waals surface area (Å²) in [7, 11) is 0. The molecule has 1 aromatic heterocycles. The molecule has 2 N–H and O–H groups in total. The Kier molecular flexibility index (Phi) is 4.92. The second kappa shape index (κ2) is 7.83. The zero-order chi connectivity index (χ0) is 19.3. The zero-order valence-corrected chi connectivity index (χ0v) is 15.1. The minimum absolute atomic E-state index is 0.231. The fraction of sp³-hybridized carbons (Fsp3) is 0.150. The second-order valence-electron chi connectivity index (χ2n) is 5.88. The van der Waals surface area contributed by atoms with Gasteiger partial charge in [-0.2, -0.15) is 4.98 Å². The Labute approximate surface area is 161 Å². The third kappa shape index (κ3) is 3.96. The van der Waals surface area contributed by atoms with Crippen molar-refractivity contribution in [2.24, 2.45) is 0 Å². The number of carbonyl (C=O) groups is 1. The van der Waals surface area contributed by atoms with Gasteiger partial charge in [-0.3, -0.25) is 0 Å². The van der Waals surface area contributed by atoms with Crippen LogP contribution in [0.25, 0.3) is 0 Å². The van der Waals surface area contributed by atoms with Crippen LogP contribution in [0, 0.1) is 0 Å². The van der Waals surface area contributed by atoms with E-state index in [0.717, 1.165) is 17.1 Å². The number of hydrogen-bond donors (Lipinski definition) is 2. The largest absolute Gasteiger partial charge is 0.462 e. The summed E-state index contributed by atoms with van der Waals surface area (Å²) in [5, 5.41) is 6.32. The SMILES string of the molecule is CCOC(=O)c1ccc(Nc2nccc(Nc3ccc4c(c3)OCO4)n2)cc1. The van der Waals surface area contributed by atoms with Crippen LogP contribution in [0.2, 0.25) is 0 Å². The number of carbonyl (C=O) groups excluding carboxylic acids is 1. The van der Waals surface area contributed by atoms with Crippen LogP contribution in [-0.4, -0.2) is 29.3 Å². The van der Waals surface area contributed by atoms with Crippen molar-refractivity contribution in [1.82, 2.24) is 9.97 Å². The topological polar surface area (TPSA) is 94.6 Å². The summed E-state index contributed by atoms with van der Waals surface area (Å²) >= 11 is 0. The highest BCUT2D eigenvalue weighted by molar-refractivity contribution is 5.89. The van der Waals surface area contributed by atoms with E-state index in [1.165, 1.54) is 0 Å². The quantitative estimate of drug-likeness (QED) is 0.624. The first-order valence-electron chi connectivity index (χ1n) is 8.75. The van der Waals surface area contributed by atoms with Crippen molar-refractivity contribution in [2.45, 2.75) is 6.92 Å². The van der Waals surface area contributed by atoms with Gasteiger partial charge in [-0.1, -0.05) is 0 Å². The fourth-order valence-electron chi connectivity index (χ4n) is 2.64. The Hall–Kier alpha value is -3.81. The first kappa shape index (κ1) is 17.6. The highest BCUT2D eigenvalue weighted by Gasteiger charge is 2.13. The van der Waals surface area contributed by atoms with Gasteiger partial charge in [0.2, 0.25) is 12.7 Å². The van der Waals surface area contributed by atoms with Crippen LogP contribution >= 0.6 is 0 Å². The van der Waals surface area contributed by atoms with Gasteiger partial charge >= 0.3 is 5.97 Å². The molecule has 3 aromatic rings. The summed E-state index contributed by atoms with van der Waals surface area (Å²) in [4.78, 5) is 20.4. The lowest BCUT2D eigenvalue weighted by atomic mass is 10.2. The van der Waals surface area contributed by atoms with Gasteiger partial charge in [0.25, 0.3) is 0 Å². The molecule has 4 rings (SSSR count). The van der Waals surface area contributed by atoms with Gasteiger partial charge in [-0.25, -0.2) is 9.78 Å². The monoisotopic (exact) mass is 378 g/mol. The second-order valence-corrected chi connectivity index (χ2v) is 5.88. The summed E-state index contributed by atoms with van der Waals surface area (Å²) < 4.78 is 15.7. The van der Waals surface area contributed by atoms with Gasteiger partial charge in [0.15, 0.2) is 11.5 Å².